The van der Waals surface area contributed by atoms with E-state index in [1.54, 1.807) is 6.07 Å². The van der Waals surface area contributed by atoms with Crippen LogP contribution in [0.2, 0.25) is 0 Å². The van der Waals surface area contributed by atoms with Gasteiger partial charge in [0.25, 0.3) is 0 Å². The van der Waals surface area contributed by atoms with Gasteiger partial charge in [0.2, 0.25) is 0 Å². The molecule has 0 saturated carbocycles. The van der Waals surface area contributed by atoms with E-state index in [4.69, 9.17) is 5.26 Å². The van der Waals surface area contributed by atoms with E-state index in [-0.39, 0.29) is 0 Å². The monoisotopic (exact) mass is 245 g/mol. The van der Waals surface area contributed by atoms with Crippen molar-refractivity contribution in [2.75, 3.05) is 25.0 Å². The predicted octanol–water partition coefficient (Wildman–Crippen LogP) is 1.63. The smallest absolute Gasteiger partial charge is 0.163 e. The Labute approximate surface area is 108 Å². The Morgan fingerprint density at radius 3 is 2.72 bits per heavy atom. The van der Waals surface area contributed by atoms with Crippen molar-refractivity contribution in [1.29, 1.82) is 5.26 Å². The zero-order valence-electron chi connectivity index (χ0n) is 10.8. The van der Waals surface area contributed by atoms with Crippen LogP contribution in [0, 0.1) is 11.3 Å². The van der Waals surface area contributed by atoms with Crippen molar-refractivity contribution in [1.82, 2.24) is 15.1 Å². The second-order valence-electron chi connectivity index (χ2n) is 4.68. The van der Waals surface area contributed by atoms with Gasteiger partial charge < -0.3 is 10.2 Å². The zero-order valence-corrected chi connectivity index (χ0v) is 10.8. The lowest BCUT2D eigenvalue weighted by Crippen LogP contribution is -2.39. The van der Waals surface area contributed by atoms with Gasteiger partial charge in [-0.3, -0.25) is 0 Å². The van der Waals surface area contributed by atoms with Crippen molar-refractivity contribution in [3.05, 3.63) is 17.8 Å². The van der Waals surface area contributed by atoms with Crippen LogP contribution in [-0.2, 0) is 0 Å². The van der Waals surface area contributed by atoms with Gasteiger partial charge in [-0.05, 0) is 37.9 Å². The quantitative estimate of drug-likeness (QED) is 0.873. The summed E-state index contributed by atoms with van der Waals surface area (Å²) in [5, 5.41) is 19.9. The van der Waals surface area contributed by atoms with Crippen LogP contribution in [0.3, 0.4) is 0 Å². The maximum atomic E-state index is 8.65. The Balaban J connectivity index is 1.82. The molecule has 1 aliphatic heterocycles. The average molecular weight is 245 g/mol. The summed E-state index contributed by atoms with van der Waals surface area (Å²) in [5.41, 5.74) is 0.360. The van der Waals surface area contributed by atoms with E-state index < -0.39 is 0 Å². The van der Waals surface area contributed by atoms with Crippen LogP contribution in [0.5, 0.6) is 0 Å². The van der Waals surface area contributed by atoms with Crippen LogP contribution in [0.4, 0.5) is 5.82 Å². The summed E-state index contributed by atoms with van der Waals surface area (Å²) in [5.74, 6) is 0.767. The molecule has 18 heavy (non-hydrogen) atoms. The molecule has 2 heterocycles. The Hall–Kier alpha value is -1.67. The van der Waals surface area contributed by atoms with Gasteiger partial charge in [-0.1, -0.05) is 6.92 Å². The molecule has 1 aromatic heterocycles. The molecular weight excluding hydrogens is 226 g/mol. The van der Waals surface area contributed by atoms with Gasteiger partial charge in [-0.25, -0.2) is 0 Å². The molecule has 1 fully saturated rings. The summed E-state index contributed by atoms with van der Waals surface area (Å²) in [6.07, 6.45) is 3.50. The highest BCUT2D eigenvalue weighted by molar-refractivity contribution is 5.36. The number of hydrogen-bond acceptors (Lipinski definition) is 5. The zero-order chi connectivity index (χ0) is 12.8. The summed E-state index contributed by atoms with van der Waals surface area (Å²) >= 11 is 0. The SMILES string of the molecule is CCCN1CCC(Nc2ccc(C#N)nn2)CC1. The summed E-state index contributed by atoms with van der Waals surface area (Å²) in [6, 6.07) is 5.96. The van der Waals surface area contributed by atoms with Gasteiger partial charge in [0.1, 0.15) is 11.9 Å². The standard InChI is InChI=1S/C13H19N5/c1-2-7-18-8-5-11(6-9-18)15-13-4-3-12(10-14)16-17-13/h3-4,11H,2,5-9H2,1H3,(H,15,17). The van der Waals surface area contributed by atoms with Crippen molar-refractivity contribution < 1.29 is 0 Å². The topological polar surface area (TPSA) is 64.8 Å². The third kappa shape index (κ3) is 3.41. The molecule has 1 aliphatic rings. The number of rotatable bonds is 4. The lowest BCUT2D eigenvalue weighted by atomic mass is 10.0. The van der Waals surface area contributed by atoms with Gasteiger partial charge in [0.15, 0.2) is 5.69 Å². The molecule has 1 saturated heterocycles. The number of nitrogens with zero attached hydrogens (tertiary/aromatic N) is 4. The average Bonchev–Trinajstić information content (AvgIpc) is 2.42. The largest absolute Gasteiger partial charge is 0.366 e. The van der Waals surface area contributed by atoms with Crippen molar-refractivity contribution in [2.45, 2.75) is 32.2 Å². The maximum Gasteiger partial charge on any atom is 0.163 e. The minimum atomic E-state index is 0.360. The molecule has 0 aromatic carbocycles. The fourth-order valence-corrected chi connectivity index (χ4v) is 2.30. The normalized spacial score (nSPS) is 17.3. The molecule has 5 heteroatoms. The molecule has 1 aromatic rings. The van der Waals surface area contributed by atoms with Crippen LogP contribution in [0.1, 0.15) is 31.9 Å². The van der Waals surface area contributed by atoms with Crippen LogP contribution in [0.25, 0.3) is 0 Å². The molecular formula is C13H19N5. The van der Waals surface area contributed by atoms with E-state index in [1.807, 2.05) is 12.1 Å². The molecule has 0 amide bonds. The van der Waals surface area contributed by atoms with Gasteiger partial charge in [0.05, 0.1) is 0 Å². The summed E-state index contributed by atoms with van der Waals surface area (Å²) in [6.45, 7) is 5.71. The van der Waals surface area contributed by atoms with E-state index in [2.05, 4.69) is 27.3 Å². The first-order valence-electron chi connectivity index (χ1n) is 6.54. The first kappa shape index (κ1) is 12.8. The van der Waals surface area contributed by atoms with E-state index in [0.29, 0.717) is 11.7 Å². The highest BCUT2D eigenvalue weighted by Crippen LogP contribution is 2.14. The van der Waals surface area contributed by atoms with Crippen molar-refractivity contribution in [3.8, 4) is 6.07 Å². The van der Waals surface area contributed by atoms with Crippen molar-refractivity contribution in [2.24, 2.45) is 0 Å². The first-order chi connectivity index (χ1) is 8.81. The Morgan fingerprint density at radius 2 is 2.17 bits per heavy atom. The Kier molecular flexibility index (Phi) is 4.48. The number of likely N-dealkylation sites (tertiary alicyclic amines) is 1. The molecule has 1 N–H and O–H groups in total. The first-order valence-corrected chi connectivity index (χ1v) is 6.54. The molecule has 96 valence electrons. The number of piperidine rings is 1. The molecule has 0 bridgehead atoms. The lowest BCUT2D eigenvalue weighted by Gasteiger charge is -2.32. The second-order valence-corrected chi connectivity index (χ2v) is 4.68. The van der Waals surface area contributed by atoms with E-state index >= 15 is 0 Å². The number of aromatic nitrogens is 2. The van der Waals surface area contributed by atoms with E-state index in [0.717, 1.165) is 31.7 Å². The highest BCUT2D eigenvalue weighted by Gasteiger charge is 2.18. The van der Waals surface area contributed by atoms with E-state index in [9.17, 15) is 0 Å². The van der Waals surface area contributed by atoms with Crippen LogP contribution >= 0.6 is 0 Å². The third-order valence-corrected chi connectivity index (χ3v) is 3.26. The highest BCUT2D eigenvalue weighted by atomic mass is 15.2. The molecule has 5 nitrogen and oxygen atoms in total. The minimum Gasteiger partial charge on any atom is -0.366 e. The fraction of sp³-hybridized carbons (Fsp3) is 0.615. The van der Waals surface area contributed by atoms with Crippen LogP contribution < -0.4 is 5.32 Å². The summed E-state index contributed by atoms with van der Waals surface area (Å²) < 4.78 is 0. The molecule has 2 rings (SSSR count). The molecule has 0 spiro atoms. The minimum absolute atomic E-state index is 0.360. The third-order valence-electron chi connectivity index (χ3n) is 3.26. The number of hydrogen-bond donors (Lipinski definition) is 1. The molecule has 0 aliphatic carbocycles. The second kappa shape index (κ2) is 6.31. The predicted molar refractivity (Wildman–Crippen MR) is 70.1 cm³/mol. The van der Waals surface area contributed by atoms with Crippen LogP contribution in [-0.4, -0.2) is 40.8 Å². The van der Waals surface area contributed by atoms with Gasteiger partial charge >= 0.3 is 0 Å². The number of anilines is 1. The molecule has 0 unspecified atom stereocenters. The van der Waals surface area contributed by atoms with Gasteiger partial charge in [0, 0.05) is 19.1 Å². The Bertz CT molecular complexity index is 400. The fourth-order valence-electron chi connectivity index (χ4n) is 2.30. The van der Waals surface area contributed by atoms with Crippen molar-refractivity contribution >= 4 is 5.82 Å². The van der Waals surface area contributed by atoms with E-state index in [1.165, 1.54) is 13.0 Å². The number of nitrogens with one attached hydrogen (secondary N) is 1. The molecule has 0 radical (unpaired) electrons. The lowest BCUT2D eigenvalue weighted by molar-refractivity contribution is 0.219. The summed E-state index contributed by atoms with van der Waals surface area (Å²) in [4.78, 5) is 2.50. The van der Waals surface area contributed by atoms with Gasteiger partial charge in [-0.2, -0.15) is 5.26 Å². The van der Waals surface area contributed by atoms with Gasteiger partial charge in [-0.15, -0.1) is 10.2 Å². The Morgan fingerprint density at radius 1 is 1.39 bits per heavy atom. The molecule has 0 atom stereocenters. The van der Waals surface area contributed by atoms with Crippen molar-refractivity contribution in [3.63, 3.8) is 0 Å². The summed E-state index contributed by atoms with van der Waals surface area (Å²) in [7, 11) is 0. The maximum absolute atomic E-state index is 8.65. The number of nitriles is 1. The van der Waals surface area contributed by atoms with Crippen LogP contribution in [0.15, 0.2) is 12.1 Å².